The topological polar surface area (TPSA) is 47.6 Å². The van der Waals surface area contributed by atoms with Crippen LogP contribution in [0.1, 0.15) is 23.8 Å². The fourth-order valence-electron chi connectivity index (χ4n) is 2.51. The van der Waals surface area contributed by atoms with Crippen LogP contribution < -0.4 is 5.32 Å². The van der Waals surface area contributed by atoms with Gasteiger partial charge in [-0.05, 0) is 18.1 Å². The molecule has 4 nitrogen and oxygen atoms in total. The summed E-state index contributed by atoms with van der Waals surface area (Å²) in [6, 6.07) is 19.7. The van der Waals surface area contributed by atoms with E-state index in [0.29, 0.717) is 13.2 Å². The van der Waals surface area contributed by atoms with Crippen molar-refractivity contribution in [1.29, 1.82) is 0 Å². The van der Waals surface area contributed by atoms with Gasteiger partial charge in [-0.15, -0.1) is 0 Å². The lowest BCUT2D eigenvalue weighted by molar-refractivity contribution is 0.253. The Bertz CT molecular complexity index is 647. The van der Waals surface area contributed by atoms with Crippen molar-refractivity contribution in [2.45, 2.75) is 25.4 Å². The third-order valence-corrected chi connectivity index (χ3v) is 5.87. The van der Waals surface area contributed by atoms with Crippen LogP contribution in [0.25, 0.3) is 0 Å². The highest BCUT2D eigenvalue weighted by atomic mass is 31.2. The summed E-state index contributed by atoms with van der Waals surface area (Å²) in [5.41, 5.74) is 2.04. The maximum absolute atomic E-state index is 13.0. The van der Waals surface area contributed by atoms with Crippen LogP contribution >= 0.6 is 7.60 Å². The van der Waals surface area contributed by atoms with Gasteiger partial charge in [-0.1, -0.05) is 60.7 Å². The van der Waals surface area contributed by atoms with Crippen LogP contribution in [0.5, 0.6) is 0 Å². The Labute approximate surface area is 131 Å². The van der Waals surface area contributed by atoms with Crippen molar-refractivity contribution >= 4 is 7.60 Å². The second-order valence-corrected chi connectivity index (χ2v) is 7.50. The minimum atomic E-state index is -3.21. The molecule has 1 aliphatic rings. The first-order valence-corrected chi connectivity index (χ1v) is 9.03. The largest absolute Gasteiger partial charge is 0.352 e. The van der Waals surface area contributed by atoms with Gasteiger partial charge >= 0.3 is 7.60 Å². The zero-order valence-electron chi connectivity index (χ0n) is 12.5. The van der Waals surface area contributed by atoms with Gasteiger partial charge in [0, 0.05) is 6.54 Å². The number of hydrogen-bond donors (Lipinski definition) is 1. The Morgan fingerprint density at radius 1 is 1.14 bits per heavy atom. The highest BCUT2D eigenvalue weighted by molar-refractivity contribution is 7.54. The van der Waals surface area contributed by atoms with E-state index in [-0.39, 0.29) is 6.10 Å². The van der Waals surface area contributed by atoms with Gasteiger partial charge in [0.25, 0.3) is 0 Å². The maximum atomic E-state index is 13.0. The predicted molar refractivity (Wildman–Crippen MR) is 86.6 cm³/mol. The Kier molecular flexibility index (Phi) is 4.74. The van der Waals surface area contributed by atoms with E-state index in [1.54, 1.807) is 0 Å². The monoisotopic (exact) mass is 317 g/mol. The number of hydrogen-bond acceptors (Lipinski definition) is 4. The fraction of sp³-hybridized carbons (Fsp3) is 0.294. The zero-order valence-corrected chi connectivity index (χ0v) is 13.4. The summed E-state index contributed by atoms with van der Waals surface area (Å²) in [7, 11) is -3.21. The van der Waals surface area contributed by atoms with Crippen LogP contribution in [0.2, 0.25) is 0 Å². The van der Waals surface area contributed by atoms with Gasteiger partial charge in [0.05, 0.1) is 12.7 Å². The van der Waals surface area contributed by atoms with E-state index in [2.05, 4.69) is 5.32 Å². The third kappa shape index (κ3) is 3.47. The molecule has 116 valence electrons. The molecule has 0 aliphatic carbocycles. The quantitative estimate of drug-likeness (QED) is 0.843. The molecule has 1 aliphatic heterocycles. The van der Waals surface area contributed by atoms with E-state index < -0.39 is 13.4 Å². The summed E-state index contributed by atoms with van der Waals surface area (Å²) in [5.74, 6) is -0.459. The maximum Gasteiger partial charge on any atom is 0.352 e. The number of benzene rings is 2. The molecule has 0 amide bonds. The van der Waals surface area contributed by atoms with E-state index in [4.69, 9.17) is 9.05 Å². The molecule has 0 aromatic heterocycles. The van der Waals surface area contributed by atoms with Gasteiger partial charge in [0.1, 0.15) is 5.78 Å². The van der Waals surface area contributed by atoms with Crippen molar-refractivity contribution in [1.82, 2.24) is 5.32 Å². The van der Waals surface area contributed by atoms with Gasteiger partial charge in [0.2, 0.25) is 0 Å². The van der Waals surface area contributed by atoms with Gasteiger partial charge in [-0.2, -0.15) is 0 Å². The highest BCUT2D eigenvalue weighted by Crippen LogP contribution is 2.63. The average Bonchev–Trinajstić information content (AvgIpc) is 2.89. The van der Waals surface area contributed by atoms with E-state index in [9.17, 15) is 4.57 Å². The molecule has 1 saturated heterocycles. The van der Waals surface area contributed by atoms with Crippen LogP contribution in [0.3, 0.4) is 0 Å². The lowest BCUT2D eigenvalue weighted by Gasteiger charge is -2.24. The fourth-order valence-corrected chi connectivity index (χ4v) is 4.68. The second-order valence-electron chi connectivity index (χ2n) is 5.43. The van der Waals surface area contributed by atoms with Crippen molar-refractivity contribution in [2.75, 3.05) is 6.61 Å². The molecule has 3 rings (SSSR count). The van der Waals surface area contributed by atoms with Crippen LogP contribution in [0.15, 0.2) is 60.7 Å². The summed E-state index contributed by atoms with van der Waals surface area (Å²) in [6.07, 6.45) is -0.143. The second kappa shape index (κ2) is 6.76. The number of nitrogens with one attached hydrogen (secondary N) is 1. The summed E-state index contributed by atoms with van der Waals surface area (Å²) in [4.78, 5) is 0. The molecule has 0 unspecified atom stereocenters. The molecule has 0 bridgehead atoms. The zero-order chi connectivity index (χ0) is 15.4. The van der Waals surface area contributed by atoms with E-state index in [1.807, 2.05) is 67.6 Å². The Morgan fingerprint density at radius 2 is 1.77 bits per heavy atom. The molecule has 2 aromatic carbocycles. The summed E-state index contributed by atoms with van der Waals surface area (Å²) in [5, 5.41) is 3.34. The minimum absolute atomic E-state index is 0.143. The first kappa shape index (κ1) is 15.4. The molecular formula is C17H20NO3P. The van der Waals surface area contributed by atoms with Crippen molar-refractivity contribution in [2.24, 2.45) is 0 Å². The molecule has 2 aromatic rings. The Hall–Kier alpha value is -1.45. The van der Waals surface area contributed by atoms with Crippen molar-refractivity contribution < 1.29 is 13.6 Å². The van der Waals surface area contributed by atoms with E-state index in [0.717, 1.165) is 11.1 Å². The standard InChI is InChI=1S/C17H20NO3P/c1-14-13-20-22(19,21-14)17(16-10-6-3-7-11-16)18-12-15-8-4-2-5-9-15/h2-11,14,17-18H,12-13H2,1H3/t14-,17-,22-/m0/s1. The lowest BCUT2D eigenvalue weighted by atomic mass is 10.2. The third-order valence-electron chi connectivity index (χ3n) is 3.59. The molecule has 22 heavy (non-hydrogen) atoms. The molecule has 1 heterocycles. The first-order valence-electron chi connectivity index (χ1n) is 7.42. The lowest BCUT2D eigenvalue weighted by Crippen LogP contribution is -2.21. The molecule has 0 spiro atoms. The molecular weight excluding hydrogens is 297 g/mol. The molecule has 3 atom stereocenters. The normalized spacial score (nSPS) is 26.0. The average molecular weight is 317 g/mol. The Balaban J connectivity index is 1.82. The van der Waals surface area contributed by atoms with Crippen LogP contribution in [0.4, 0.5) is 0 Å². The van der Waals surface area contributed by atoms with Crippen LogP contribution in [-0.2, 0) is 20.2 Å². The van der Waals surface area contributed by atoms with E-state index >= 15 is 0 Å². The van der Waals surface area contributed by atoms with Crippen molar-refractivity contribution in [3.8, 4) is 0 Å². The smallest absolute Gasteiger partial charge is 0.304 e. The van der Waals surface area contributed by atoms with Gasteiger partial charge in [-0.25, -0.2) is 0 Å². The minimum Gasteiger partial charge on any atom is -0.304 e. The molecule has 1 N–H and O–H groups in total. The summed E-state index contributed by atoms with van der Waals surface area (Å²) >= 11 is 0. The highest BCUT2D eigenvalue weighted by Gasteiger charge is 2.43. The molecule has 1 fully saturated rings. The molecule has 0 radical (unpaired) electrons. The molecule has 5 heteroatoms. The van der Waals surface area contributed by atoms with E-state index in [1.165, 1.54) is 0 Å². The van der Waals surface area contributed by atoms with Crippen LogP contribution in [0, 0.1) is 0 Å². The van der Waals surface area contributed by atoms with Gasteiger partial charge in [-0.3, -0.25) is 9.88 Å². The van der Waals surface area contributed by atoms with Gasteiger partial charge in [0.15, 0.2) is 0 Å². The van der Waals surface area contributed by atoms with Gasteiger partial charge < -0.3 is 9.05 Å². The summed E-state index contributed by atoms with van der Waals surface area (Å²) in [6.45, 7) is 2.85. The first-order chi connectivity index (χ1) is 10.7. The predicted octanol–water partition coefficient (Wildman–Crippen LogP) is 4.10. The molecule has 0 saturated carbocycles. The Morgan fingerprint density at radius 3 is 2.36 bits per heavy atom. The summed E-state index contributed by atoms with van der Waals surface area (Å²) < 4.78 is 24.2. The van der Waals surface area contributed by atoms with Crippen molar-refractivity contribution in [3.05, 3.63) is 71.8 Å². The van der Waals surface area contributed by atoms with Crippen LogP contribution in [-0.4, -0.2) is 12.7 Å². The van der Waals surface area contributed by atoms with Crippen molar-refractivity contribution in [3.63, 3.8) is 0 Å². The SMILES string of the molecule is C[C@H]1CO[P@@](=O)([C@H](NCc2ccccc2)c2ccccc2)O1. The number of rotatable bonds is 5.